The molecule has 0 radical (unpaired) electrons. The maximum Gasteiger partial charge on any atom is 0.472 e. The van der Waals surface area contributed by atoms with Gasteiger partial charge in [-0.05, 0) is 12.1 Å². The molecule has 19 nitrogen and oxygen atoms in total. The van der Waals surface area contributed by atoms with Gasteiger partial charge in [-0.15, -0.1) is 0 Å². The molecule has 10 unspecified atom stereocenters. The van der Waals surface area contributed by atoms with Gasteiger partial charge in [0.2, 0.25) is 13.2 Å². The molecule has 4 aromatic rings. The van der Waals surface area contributed by atoms with Crippen molar-refractivity contribution in [3.8, 4) is 0 Å². The number of fused-ring (bicyclic) bond motifs is 5. The highest BCUT2D eigenvalue weighted by atomic mass is 32.7. The predicted octanol–water partition coefficient (Wildman–Crippen LogP) is -0.656. The molecule has 9 N–H and O–H groups in total. The van der Waals surface area contributed by atoms with E-state index in [0.29, 0.717) is 11.0 Å². The van der Waals surface area contributed by atoms with Gasteiger partial charge in [0, 0.05) is 6.20 Å². The number of nitrogens with two attached hydrogens (primary N) is 2. The smallest absolute Gasteiger partial charge is 0.387 e. The molecule has 3 aliphatic rings. The Balaban J connectivity index is 1.18. The molecule has 22 heteroatoms. The third-order valence-corrected chi connectivity index (χ3v) is 10.00. The van der Waals surface area contributed by atoms with E-state index in [1.807, 2.05) is 0 Å². The number of aliphatic hydroxyl groups is 2. The van der Waals surface area contributed by atoms with Crippen LogP contribution in [0.3, 0.4) is 0 Å². The number of phosphoric acid groups is 1. The Bertz CT molecular complexity index is 1820. The molecule has 7 heterocycles. The zero-order chi connectivity index (χ0) is 30.9. The van der Waals surface area contributed by atoms with Gasteiger partial charge in [-0.1, -0.05) is 12.2 Å². The number of hydrogen-bond donors (Lipinski definition) is 7. The van der Waals surface area contributed by atoms with E-state index in [-0.39, 0.29) is 29.4 Å². The summed E-state index contributed by atoms with van der Waals surface area (Å²) in [4.78, 5) is 36.5. The fraction of sp³-hybridized carbons (Fsp3) is 0.455. The summed E-state index contributed by atoms with van der Waals surface area (Å²) < 4.78 is 50.6. The van der Waals surface area contributed by atoms with Crippen molar-refractivity contribution in [2.75, 3.05) is 24.7 Å². The second-order valence-electron chi connectivity index (χ2n) is 10.2. The molecule has 3 saturated heterocycles. The Morgan fingerprint density at radius 2 is 1.80 bits per heavy atom. The van der Waals surface area contributed by atoms with Gasteiger partial charge in [0.05, 0.1) is 24.8 Å². The van der Waals surface area contributed by atoms with E-state index in [4.69, 9.17) is 39.0 Å². The number of ether oxygens (including phenoxy) is 2. The van der Waals surface area contributed by atoms with Crippen LogP contribution < -0.4 is 22.0 Å². The van der Waals surface area contributed by atoms with Crippen LogP contribution in [0.5, 0.6) is 0 Å². The molecule has 2 bridgehead atoms. The Hall–Kier alpha value is -2.71. The topological polar surface area (TPSA) is 268 Å². The first-order valence-electron chi connectivity index (χ1n) is 13.1. The number of rotatable bonds is 2. The molecular weight excluding hydrogens is 646 g/mol. The lowest BCUT2D eigenvalue weighted by atomic mass is 10.1. The number of H-pyrrole nitrogens is 2. The largest absolute Gasteiger partial charge is 0.472 e. The summed E-state index contributed by atoms with van der Waals surface area (Å²) in [6.07, 6.45) is -5.60. The molecule has 3 fully saturated rings. The molecule has 0 aromatic carbocycles. The van der Waals surface area contributed by atoms with Crippen LogP contribution in [-0.4, -0.2) is 89.0 Å². The van der Waals surface area contributed by atoms with E-state index in [1.54, 1.807) is 12.3 Å². The Morgan fingerprint density at radius 3 is 2.61 bits per heavy atom. The number of nitrogens with one attached hydrogen (secondary N) is 2. The molecule has 44 heavy (non-hydrogen) atoms. The number of phosphoric ester groups is 1. The molecule has 7 rings (SSSR count). The highest BCUT2D eigenvalue weighted by Crippen LogP contribution is 2.53. The molecule has 4 aromatic heterocycles. The lowest BCUT2D eigenvalue weighted by molar-refractivity contribution is -0.337. The third-order valence-electron chi connectivity index (χ3n) is 7.59. The van der Waals surface area contributed by atoms with Gasteiger partial charge in [-0.2, -0.15) is 0 Å². The summed E-state index contributed by atoms with van der Waals surface area (Å²) in [5, 5.41) is 23.1. The lowest BCUT2D eigenvalue weighted by Crippen LogP contribution is -2.36. The SMILES string of the molecule is Nc1[nH]c(=O)c2ccn(C3OC4COP(=O)(O)OC5C(COP(S)OC3C4O)OC(n3ccc4c(N)ncnc43)C5O)c2[nH+]1. The van der Waals surface area contributed by atoms with Crippen LogP contribution in [0.1, 0.15) is 12.5 Å². The minimum atomic E-state index is -4.90. The number of nitrogens with zero attached hydrogens (tertiary/aromatic N) is 4. The lowest BCUT2D eigenvalue weighted by Gasteiger charge is -2.25. The van der Waals surface area contributed by atoms with Crippen molar-refractivity contribution < 1.29 is 52.2 Å². The van der Waals surface area contributed by atoms with Crippen molar-refractivity contribution >= 4 is 61.5 Å². The van der Waals surface area contributed by atoms with Crippen molar-refractivity contribution in [2.45, 2.75) is 49.1 Å². The Labute approximate surface area is 252 Å². The zero-order valence-corrected chi connectivity index (χ0v) is 25.0. The molecule has 10 atom stereocenters. The second kappa shape index (κ2) is 11.3. The molecule has 3 aliphatic heterocycles. The first-order chi connectivity index (χ1) is 21.0. The van der Waals surface area contributed by atoms with Crippen LogP contribution in [0.4, 0.5) is 11.8 Å². The van der Waals surface area contributed by atoms with Crippen molar-refractivity contribution in [2.24, 2.45) is 0 Å². The van der Waals surface area contributed by atoms with Gasteiger partial charge in [0.25, 0.3) is 0 Å². The molecule has 0 aliphatic carbocycles. The van der Waals surface area contributed by atoms with Crippen LogP contribution in [-0.2, 0) is 32.1 Å². The Kier molecular flexibility index (Phi) is 7.68. The molecular formula is C22H27N8O11P2S+. The molecule has 0 spiro atoms. The maximum absolute atomic E-state index is 13.1. The summed E-state index contributed by atoms with van der Waals surface area (Å²) in [6.45, 7) is -0.924. The third kappa shape index (κ3) is 5.20. The molecule has 236 valence electrons. The number of aliphatic hydroxyl groups excluding tert-OH is 2. The van der Waals surface area contributed by atoms with E-state index < -0.39 is 76.6 Å². The van der Waals surface area contributed by atoms with Crippen LogP contribution in [0.15, 0.2) is 35.6 Å². The van der Waals surface area contributed by atoms with Crippen molar-refractivity contribution in [3.05, 3.63) is 41.2 Å². The van der Waals surface area contributed by atoms with E-state index in [0.717, 1.165) is 0 Å². The standard InChI is InChI=1S/C22H26N8O11P2S/c23-16-8-1-3-29(17(8)26-7-25-16)20-13(32)14-11(39-20)5-36-42(44)40-15-12(31)10(6-37-43(34,35)41-14)38-21(15)30-4-2-9-18(30)27-22(24)28-19(9)33/h1-4,7,10-15,20-21,31-32,44H,5-6H2,(H,34,35)(H2,23,25,26)(H3,24,27,28,33)/p+1. The van der Waals surface area contributed by atoms with Gasteiger partial charge < -0.3 is 49.7 Å². The van der Waals surface area contributed by atoms with Gasteiger partial charge in [-0.25, -0.2) is 24.5 Å². The van der Waals surface area contributed by atoms with E-state index in [9.17, 15) is 24.5 Å². The van der Waals surface area contributed by atoms with Crippen LogP contribution in [0, 0.1) is 0 Å². The minimum Gasteiger partial charge on any atom is -0.387 e. The summed E-state index contributed by atoms with van der Waals surface area (Å²) in [5.74, 6) is 0.196. The van der Waals surface area contributed by atoms with Crippen LogP contribution in [0.2, 0.25) is 0 Å². The first-order valence-corrected chi connectivity index (χ1v) is 16.9. The highest BCUT2D eigenvalue weighted by molar-refractivity contribution is 8.41. The summed E-state index contributed by atoms with van der Waals surface area (Å²) in [6, 6.07) is 3.16. The number of nitrogen functional groups attached to an aromatic ring is 2. The summed E-state index contributed by atoms with van der Waals surface area (Å²) in [7, 11) is -6.94. The number of hydrogen-bond acceptors (Lipinski definition) is 15. The van der Waals surface area contributed by atoms with Crippen molar-refractivity contribution in [1.82, 2.24) is 24.1 Å². The second-order valence-corrected chi connectivity index (χ2v) is 13.6. The van der Waals surface area contributed by atoms with Crippen molar-refractivity contribution in [3.63, 3.8) is 0 Å². The van der Waals surface area contributed by atoms with E-state index >= 15 is 0 Å². The first kappa shape index (κ1) is 30.0. The fourth-order valence-electron chi connectivity index (χ4n) is 5.55. The number of thiol groups is 1. The number of aromatic nitrogens is 6. The van der Waals surface area contributed by atoms with E-state index in [2.05, 4.69) is 32.2 Å². The predicted molar refractivity (Wildman–Crippen MR) is 153 cm³/mol. The van der Waals surface area contributed by atoms with Crippen LogP contribution in [0.25, 0.3) is 22.1 Å². The van der Waals surface area contributed by atoms with Crippen LogP contribution >= 0.6 is 27.6 Å². The van der Waals surface area contributed by atoms with Gasteiger partial charge in [-0.3, -0.25) is 18.4 Å². The molecule has 0 amide bonds. The zero-order valence-electron chi connectivity index (χ0n) is 22.3. The quantitative estimate of drug-likeness (QED) is 0.103. The van der Waals surface area contributed by atoms with E-state index in [1.165, 1.54) is 27.7 Å². The summed E-state index contributed by atoms with van der Waals surface area (Å²) >= 11 is 4.43. The monoisotopic (exact) mass is 673 g/mol. The average Bonchev–Trinajstić information content (AvgIpc) is 3.72. The maximum atomic E-state index is 13.1. The average molecular weight is 674 g/mol. The molecule has 0 saturated carbocycles. The minimum absolute atomic E-state index is 0.0194. The Morgan fingerprint density at radius 1 is 1.05 bits per heavy atom. The normalized spacial score (nSPS) is 36.6. The summed E-state index contributed by atoms with van der Waals surface area (Å²) in [5.41, 5.74) is 11.9. The van der Waals surface area contributed by atoms with Gasteiger partial charge in [0.1, 0.15) is 59.8 Å². The van der Waals surface area contributed by atoms with Crippen molar-refractivity contribution in [1.29, 1.82) is 0 Å². The van der Waals surface area contributed by atoms with Gasteiger partial charge in [0.15, 0.2) is 12.5 Å². The fourth-order valence-corrected chi connectivity index (χ4v) is 7.81. The number of aromatic amines is 2. The number of anilines is 2. The highest BCUT2D eigenvalue weighted by Gasteiger charge is 2.52. The van der Waals surface area contributed by atoms with Gasteiger partial charge >= 0.3 is 19.3 Å².